The van der Waals surface area contributed by atoms with E-state index in [9.17, 15) is 14.4 Å². The van der Waals surface area contributed by atoms with Gasteiger partial charge in [0.1, 0.15) is 11.9 Å². The lowest BCUT2D eigenvalue weighted by Crippen LogP contribution is -2.61. The number of fused-ring (bicyclic) bond motifs is 2. The van der Waals surface area contributed by atoms with Crippen LogP contribution in [-0.2, 0) is 22.6 Å². The number of carbonyl (C=O) groups excluding carboxylic acids is 3. The summed E-state index contributed by atoms with van der Waals surface area (Å²) in [5.41, 5.74) is 17.8. The number of hydrogen-bond acceptors (Lipinski definition) is 11. The molecule has 2 atom stereocenters. The van der Waals surface area contributed by atoms with E-state index < -0.39 is 11.8 Å². The molecule has 3 amide bonds. The van der Waals surface area contributed by atoms with Crippen molar-refractivity contribution in [2.24, 2.45) is 5.73 Å². The highest BCUT2D eigenvalue weighted by atomic mass is 35.5. The SMILES string of the molecule is C1CC1.CNC1=CC(N2CCc3c(-c4ccc(CN5CC(N6CCC(N(C)c7ccc(Cl)c(C8CCC(=O)NC8=O)c7)CC6)C5)cn4)cccc32)Nn2c(C(N)=O)cnc21. The third-order valence-electron chi connectivity index (χ3n) is 12.9. The van der Waals surface area contributed by atoms with Crippen molar-refractivity contribution < 1.29 is 14.4 Å². The lowest BCUT2D eigenvalue weighted by atomic mass is 9.90. The molecule has 1 saturated carbocycles. The van der Waals surface area contributed by atoms with Gasteiger partial charge in [0.05, 0.1) is 23.5 Å². The van der Waals surface area contributed by atoms with E-state index in [0.717, 1.165) is 92.4 Å². The van der Waals surface area contributed by atoms with E-state index in [1.807, 2.05) is 31.4 Å². The minimum absolute atomic E-state index is 0.205. The molecular weight excluding hydrogens is 778 g/mol. The van der Waals surface area contributed by atoms with Crippen LogP contribution in [0.4, 0.5) is 11.4 Å². The molecule has 10 rings (SSSR count). The maximum Gasteiger partial charge on any atom is 0.268 e. The van der Waals surface area contributed by atoms with Crippen molar-refractivity contribution in [1.29, 1.82) is 0 Å². The van der Waals surface area contributed by atoms with E-state index in [4.69, 9.17) is 22.3 Å². The third-order valence-corrected chi connectivity index (χ3v) is 13.2. The first kappa shape index (κ1) is 40.0. The smallest absolute Gasteiger partial charge is 0.268 e. The van der Waals surface area contributed by atoms with Crippen molar-refractivity contribution >= 4 is 46.4 Å². The molecule has 6 aliphatic rings. The van der Waals surface area contributed by atoms with Crippen molar-refractivity contribution in [1.82, 2.24) is 35.1 Å². The molecule has 60 heavy (non-hydrogen) atoms. The van der Waals surface area contributed by atoms with Gasteiger partial charge < -0.3 is 20.9 Å². The fraction of sp³-hybridized carbons (Fsp3) is 0.444. The maximum absolute atomic E-state index is 12.6. The number of primary amides is 1. The van der Waals surface area contributed by atoms with E-state index in [1.54, 1.807) is 4.68 Å². The van der Waals surface area contributed by atoms with Gasteiger partial charge in [-0.25, -0.2) is 9.66 Å². The Morgan fingerprint density at radius 3 is 2.48 bits per heavy atom. The highest BCUT2D eigenvalue weighted by Gasteiger charge is 2.36. The standard InChI is InChI=1S/C42H48ClN11O3.C3H6/c1-45-35-19-38(49-54-37(40(44)56)21-47-41(35)54)53-17-14-30-29(4-3-5-36(30)53)34-10-6-25(20-46-34)22-51-23-28(24-51)52-15-12-26(13-16-52)50(2)27-7-9-33(43)32(18-27)31-8-11-39(55)48-42(31)57;1-2-3-1/h3-7,9-10,18-21,26,28,31,38,45,49H,8,11-17,22-24H2,1-2H3,(H2,44,56)(H,48,55,57);1-3H2. The van der Waals surface area contributed by atoms with Crippen LogP contribution in [0.5, 0.6) is 0 Å². The summed E-state index contributed by atoms with van der Waals surface area (Å²) < 4.78 is 1.68. The number of amides is 3. The number of imide groups is 1. The van der Waals surface area contributed by atoms with Crippen molar-refractivity contribution in [2.75, 3.05) is 62.0 Å². The molecule has 15 heteroatoms. The number of halogens is 1. The van der Waals surface area contributed by atoms with E-state index in [2.05, 4.69) is 84.1 Å². The number of anilines is 2. The molecular formula is C45H54ClN11O3. The zero-order valence-corrected chi connectivity index (χ0v) is 35.1. The largest absolute Gasteiger partial charge is 0.385 e. The molecule has 4 aromatic rings. The van der Waals surface area contributed by atoms with E-state index in [0.29, 0.717) is 41.5 Å². The second kappa shape index (κ2) is 16.9. The number of nitrogens with zero attached hydrogens (tertiary/aromatic N) is 7. The zero-order valence-electron chi connectivity index (χ0n) is 34.4. The molecule has 7 heterocycles. The van der Waals surface area contributed by atoms with Gasteiger partial charge in [-0.15, -0.1) is 0 Å². The Labute approximate surface area is 356 Å². The molecule has 0 radical (unpaired) electrons. The Kier molecular flexibility index (Phi) is 11.3. The van der Waals surface area contributed by atoms with Crippen LogP contribution in [0.15, 0.2) is 67.0 Å². The summed E-state index contributed by atoms with van der Waals surface area (Å²) in [4.78, 5) is 55.5. The normalized spacial score (nSPS) is 21.7. The number of nitrogens with two attached hydrogens (primary N) is 1. The van der Waals surface area contributed by atoms with Crippen molar-refractivity contribution in [3.05, 3.63) is 100 Å². The lowest BCUT2D eigenvalue weighted by Gasteiger charge is -2.48. The summed E-state index contributed by atoms with van der Waals surface area (Å²) >= 11 is 6.55. The molecule has 0 spiro atoms. The van der Waals surface area contributed by atoms with Gasteiger partial charge in [-0.3, -0.25) is 39.9 Å². The topological polar surface area (TPSA) is 157 Å². The van der Waals surface area contributed by atoms with Crippen LogP contribution in [0.3, 0.4) is 0 Å². The molecule has 1 aliphatic carbocycles. The number of imidazole rings is 1. The van der Waals surface area contributed by atoms with Crippen LogP contribution in [-0.4, -0.2) is 107 Å². The number of piperidine rings is 2. The van der Waals surface area contributed by atoms with Gasteiger partial charge in [-0.05, 0) is 78.8 Å². The first-order valence-electron chi connectivity index (χ1n) is 21.4. The number of carbonyl (C=O) groups is 3. The van der Waals surface area contributed by atoms with Gasteiger partial charge in [0.2, 0.25) is 11.8 Å². The Morgan fingerprint density at radius 1 is 0.983 bits per heavy atom. The number of rotatable bonds is 10. The van der Waals surface area contributed by atoms with Crippen molar-refractivity contribution in [2.45, 2.75) is 82.1 Å². The first-order valence-corrected chi connectivity index (χ1v) is 21.7. The molecule has 314 valence electrons. The van der Waals surface area contributed by atoms with Gasteiger partial charge >= 0.3 is 0 Å². The number of hydrogen-bond donors (Lipinski definition) is 4. The Bertz CT molecular complexity index is 2290. The number of nitrogens with one attached hydrogen (secondary N) is 3. The first-order chi connectivity index (χ1) is 29.1. The van der Waals surface area contributed by atoms with E-state index in [-0.39, 0.29) is 18.0 Å². The zero-order chi connectivity index (χ0) is 41.5. The fourth-order valence-corrected chi connectivity index (χ4v) is 9.54. The minimum Gasteiger partial charge on any atom is -0.385 e. The average molecular weight is 832 g/mol. The lowest BCUT2D eigenvalue weighted by molar-refractivity contribution is -0.134. The monoisotopic (exact) mass is 831 g/mol. The number of likely N-dealkylation sites (tertiary alicyclic amines) is 2. The molecule has 0 bridgehead atoms. The highest BCUT2D eigenvalue weighted by Crippen LogP contribution is 2.38. The summed E-state index contributed by atoms with van der Waals surface area (Å²) in [7, 11) is 3.98. The quantitative estimate of drug-likeness (QED) is 0.165. The molecule has 5 aliphatic heterocycles. The maximum atomic E-state index is 12.6. The van der Waals surface area contributed by atoms with Gasteiger partial charge in [-0.1, -0.05) is 49.1 Å². The van der Waals surface area contributed by atoms with Gasteiger partial charge in [0.15, 0.2) is 5.82 Å². The summed E-state index contributed by atoms with van der Waals surface area (Å²) in [6.07, 6.45) is 13.8. The molecule has 3 saturated heterocycles. The molecule has 5 N–H and O–H groups in total. The van der Waals surface area contributed by atoms with Crippen LogP contribution in [0, 0.1) is 0 Å². The Morgan fingerprint density at radius 2 is 1.78 bits per heavy atom. The number of pyridine rings is 1. The average Bonchev–Trinajstić information content (AvgIpc) is 3.96. The van der Waals surface area contributed by atoms with Crippen LogP contribution in [0.2, 0.25) is 5.02 Å². The van der Waals surface area contributed by atoms with Crippen molar-refractivity contribution in [3.63, 3.8) is 0 Å². The van der Waals surface area contributed by atoms with Crippen LogP contribution >= 0.6 is 11.6 Å². The summed E-state index contributed by atoms with van der Waals surface area (Å²) in [6, 6.07) is 17.7. The molecule has 2 aromatic heterocycles. The van der Waals surface area contributed by atoms with Gasteiger partial charge in [0, 0.05) is 100 Å². The van der Waals surface area contributed by atoms with E-state index in [1.165, 1.54) is 36.6 Å². The van der Waals surface area contributed by atoms with E-state index >= 15 is 0 Å². The predicted octanol–water partition coefficient (Wildman–Crippen LogP) is 4.68. The molecule has 2 unspecified atom stereocenters. The predicted molar refractivity (Wildman–Crippen MR) is 234 cm³/mol. The van der Waals surface area contributed by atoms with Crippen molar-refractivity contribution in [3.8, 4) is 11.3 Å². The molecule has 14 nitrogen and oxygen atoms in total. The fourth-order valence-electron chi connectivity index (χ4n) is 9.29. The second-order valence-electron chi connectivity index (χ2n) is 16.9. The minimum atomic E-state index is -0.536. The second-order valence-corrected chi connectivity index (χ2v) is 17.3. The summed E-state index contributed by atoms with van der Waals surface area (Å²) in [5, 5.41) is 6.25. The van der Waals surface area contributed by atoms with Crippen LogP contribution in [0.25, 0.3) is 17.0 Å². The third kappa shape index (κ3) is 8.07. The van der Waals surface area contributed by atoms with Gasteiger partial charge in [-0.2, -0.15) is 0 Å². The van der Waals surface area contributed by atoms with Crippen LogP contribution in [0.1, 0.15) is 83.9 Å². The Hall–Kier alpha value is -5.44. The summed E-state index contributed by atoms with van der Waals surface area (Å²) in [5.74, 6) is -0.795. The Balaban J connectivity index is 0.00000148. The highest BCUT2D eigenvalue weighted by molar-refractivity contribution is 6.31. The van der Waals surface area contributed by atoms with Crippen LogP contribution < -0.4 is 31.6 Å². The number of aromatic nitrogens is 3. The molecule has 4 fully saturated rings. The molecule has 2 aromatic carbocycles. The van der Waals surface area contributed by atoms with Gasteiger partial charge in [0.25, 0.3) is 5.91 Å². The summed E-state index contributed by atoms with van der Waals surface area (Å²) in [6.45, 7) is 5.91. The number of benzene rings is 2.